The Hall–Kier alpha value is -3.68. The van der Waals surface area contributed by atoms with E-state index in [1.165, 1.54) is 16.5 Å². The van der Waals surface area contributed by atoms with Crippen LogP contribution in [0.3, 0.4) is 0 Å². The molecule has 1 atom stereocenters. The fourth-order valence-electron chi connectivity index (χ4n) is 3.45. The molecule has 0 radical (unpaired) electrons. The second-order valence-electron chi connectivity index (χ2n) is 7.50. The molecule has 0 aliphatic carbocycles. The lowest BCUT2D eigenvalue weighted by atomic mass is 10.1. The van der Waals surface area contributed by atoms with E-state index in [2.05, 4.69) is 22.4 Å². The van der Waals surface area contributed by atoms with Crippen LogP contribution in [0.5, 0.6) is 0 Å². The number of fused-ring (bicyclic) bond motifs is 1. The summed E-state index contributed by atoms with van der Waals surface area (Å²) in [6.07, 6.45) is 4.74. The summed E-state index contributed by atoms with van der Waals surface area (Å²) in [5.74, 6) is 0.657. The highest BCUT2D eigenvalue weighted by molar-refractivity contribution is 5.87. The first-order chi connectivity index (χ1) is 15.0. The molecule has 0 unspecified atom stereocenters. The minimum Gasteiger partial charge on any atom is -0.469 e. The smallest absolute Gasteiger partial charge is 0.299 e. The van der Waals surface area contributed by atoms with Crippen LogP contribution in [0, 0.1) is 0 Å². The number of hydrogen-bond donors (Lipinski definition) is 1. The highest BCUT2D eigenvalue weighted by atomic mass is 16.5. The van der Waals surface area contributed by atoms with Gasteiger partial charge in [0, 0.05) is 31.0 Å². The van der Waals surface area contributed by atoms with Gasteiger partial charge in [-0.3, -0.25) is 14.2 Å². The highest BCUT2D eigenvalue weighted by Gasteiger charge is 2.17. The lowest BCUT2D eigenvalue weighted by molar-refractivity contribution is -0.121. The lowest BCUT2D eigenvalue weighted by Gasteiger charge is -2.12. The van der Waals surface area contributed by atoms with Crippen molar-refractivity contribution in [3.05, 3.63) is 70.7 Å². The molecular formula is C23H24N4O4. The average Bonchev–Trinajstić information content (AvgIpc) is 3.43. The predicted molar refractivity (Wildman–Crippen MR) is 116 cm³/mol. The van der Waals surface area contributed by atoms with Gasteiger partial charge in [-0.1, -0.05) is 36.3 Å². The maximum atomic E-state index is 12.8. The van der Waals surface area contributed by atoms with Crippen LogP contribution in [0.25, 0.3) is 22.4 Å². The van der Waals surface area contributed by atoms with Gasteiger partial charge in [0.15, 0.2) is 0 Å². The molecular weight excluding hydrogens is 396 g/mol. The third kappa shape index (κ3) is 4.58. The number of hydrogen-bond acceptors (Lipinski definition) is 6. The number of carbonyl (C=O) groups is 1. The molecule has 8 heteroatoms. The van der Waals surface area contributed by atoms with E-state index in [9.17, 15) is 9.59 Å². The molecule has 3 heterocycles. The predicted octanol–water partition coefficient (Wildman–Crippen LogP) is 3.34. The fourth-order valence-corrected chi connectivity index (χ4v) is 3.45. The first-order valence-corrected chi connectivity index (χ1v) is 10.3. The number of amides is 1. The van der Waals surface area contributed by atoms with Crippen molar-refractivity contribution in [3.8, 4) is 11.3 Å². The summed E-state index contributed by atoms with van der Waals surface area (Å²) in [4.78, 5) is 29.4. The monoisotopic (exact) mass is 420 g/mol. The molecule has 4 rings (SSSR count). The van der Waals surface area contributed by atoms with Gasteiger partial charge in [0.2, 0.25) is 5.91 Å². The summed E-state index contributed by atoms with van der Waals surface area (Å²) in [5.41, 5.74) is 2.73. The molecule has 0 spiro atoms. The van der Waals surface area contributed by atoms with E-state index in [1.807, 2.05) is 43.3 Å². The Bertz CT molecular complexity index is 1220. The highest BCUT2D eigenvalue weighted by Crippen LogP contribution is 2.24. The minimum absolute atomic E-state index is 0.0769. The third-order valence-corrected chi connectivity index (χ3v) is 5.16. The van der Waals surface area contributed by atoms with E-state index in [4.69, 9.17) is 8.94 Å². The van der Waals surface area contributed by atoms with Crippen LogP contribution >= 0.6 is 0 Å². The molecule has 0 saturated heterocycles. The fraction of sp³-hybridized carbons (Fsp3) is 0.304. The number of benzene rings is 1. The van der Waals surface area contributed by atoms with Gasteiger partial charge in [-0.25, -0.2) is 4.98 Å². The van der Waals surface area contributed by atoms with Crippen LogP contribution in [-0.2, 0) is 24.2 Å². The summed E-state index contributed by atoms with van der Waals surface area (Å²) >= 11 is 0. The van der Waals surface area contributed by atoms with Gasteiger partial charge in [0.1, 0.15) is 17.0 Å². The number of carbonyl (C=O) groups excluding carboxylic acids is 1. The Morgan fingerprint density at radius 2 is 2.03 bits per heavy atom. The van der Waals surface area contributed by atoms with Gasteiger partial charge in [0.05, 0.1) is 12.6 Å². The van der Waals surface area contributed by atoms with Crippen molar-refractivity contribution < 1.29 is 13.7 Å². The number of aryl methyl sites for hydroxylation is 2. The largest absolute Gasteiger partial charge is 0.469 e. The van der Waals surface area contributed by atoms with Crippen molar-refractivity contribution in [3.63, 3.8) is 0 Å². The van der Waals surface area contributed by atoms with Crippen LogP contribution in [0.2, 0.25) is 0 Å². The third-order valence-electron chi connectivity index (χ3n) is 5.16. The second-order valence-corrected chi connectivity index (χ2v) is 7.50. The van der Waals surface area contributed by atoms with Gasteiger partial charge in [-0.15, -0.1) is 0 Å². The van der Waals surface area contributed by atoms with Crippen molar-refractivity contribution in [1.82, 2.24) is 20.0 Å². The molecule has 0 saturated carbocycles. The topological polar surface area (TPSA) is 103 Å². The molecule has 31 heavy (non-hydrogen) atoms. The van der Waals surface area contributed by atoms with Crippen molar-refractivity contribution >= 4 is 17.0 Å². The Labute approximate surface area is 178 Å². The van der Waals surface area contributed by atoms with Gasteiger partial charge >= 0.3 is 0 Å². The quantitative estimate of drug-likeness (QED) is 0.469. The molecule has 8 nitrogen and oxygen atoms in total. The average molecular weight is 420 g/mol. The van der Waals surface area contributed by atoms with Crippen molar-refractivity contribution in [1.29, 1.82) is 0 Å². The van der Waals surface area contributed by atoms with Crippen molar-refractivity contribution in [2.75, 3.05) is 0 Å². The van der Waals surface area contributed by atoms with Crippen molar-refractivity contribution in [2.24, 2.45) is 0 Å². The van der Waals surface area contributed by atoms with E-state index < -0.39 is 0 Å². The zero-order valence-electron chi connectivity index (χ0n) is 17.5. The zero-order chi connectivity index (χ0) is 21.8. The van der Waals surface area contributed by atoms with E-state index >= 15 is 0 Å². The SMILES string of the molecule is CCc1ccc(-c2noc3c(=O)n(CCC(=O)N[C@@H](C)Cc4ccco4)cnc23)cc1. The van der Waals surface area contributed by atoms with Gasteiger partial charge < -0.3 is 14.3 Å². The summed E-state index contributed by atoms with van der Waals surface area (Å²) in [7, 11) is 0. The number of nitrogens with zero attached hydrogens (tertiary/aromatic N) is 3. The maximum absolute atomic E-state index is 12.8. The number of furan rings is 1. The molecule has 4 aromatic rings. The molecule has 0 aliphatic rings. The Kier molecular flexibility index (Phi) is 5.97. The molecule has 3 aromatic heterocycles. The van der Waals surface area contributed by atoms with E-state index in [1.54, 1.807) is 6.26 Å². The van der Waals surface area contributed by atoms with Crippen LogP contribution in [0.15, 0.2) is 62.7 Å². The summed E-state index contributed by atoms with van der Waals surface area (Å²) in [5, 5.41) is 6.96. The van der Waals surface area contributed by atoms with Gasteiger partial charge in [-0.05, 0) is 31.0 Å². The van der Waals surface area contributed by atoms with E-state index in [0.717, 1.165) is 17.7 Å². The summed E-state index contributed by atoms with van der Waals surface area (Å²) in [6, 6.07) is 11.5. The molecule has 1 amide bonds. The zero-order valence-corrected chi connectivity index (χ0v) is 17.5. The maximum Gasteiger partial charge on any atom is 0.299 e. The van der Waals surface area contributed by atoms with Crippen LogP contribution in [-0.4, -0.2) is 26.7 Å². The van der Waals surface area contributed by atoms with E-state index in [0.29, 0.717) is 17.6 Å². The Morgan fingerprint density at radius 3 is 2.74 bits per heavy atom. The molecule has 1 aromatic carbocycles. The van der Waals surface area contributed by atoms with Crippen molar-refractivity contribution in [2.45, 2.75) is 45.7 Å². The van der Waals surface area contributed by atoms with Crippen LogP contribution < -0.4 is 10.9 Å². The van der Waals surface area contributed by atoms with Crippen LogP contribution in [0.1, 0.15) is 31.6 Å². The standard InChI is InChI=1S/C23H24N4O4/c1-3-16-6-8-17(9-7-16)20-21-22(31-26-20)23(29)27(14-24-21)11-10-19(28)25-15(2)13-18-5-4-12-30-18/h4-9,12,14-15H,3,10-11,13H2,1-2H3,(H,25,28)/t15-/m0/s1. The normalized spacial score (nSPS) is 12.2. The Balaban J connectivity index is 1.43. The number of aromatic nitrogens is 3. The molecule has 0 fully saturated rings. The van der Waals surface area contributed by atoms with E-state index in [-0.39, 0.29) is 36.1 Å². The minimum atomic E-state index is -0.356. The second kappa shape index (κ2) is 8.99. The number of nitrogens with one attached hydrogen (secondary N) is 1. The Morgan fingerprint density at radius 1 is 1.23 bits per heavy atom. The number of rotatable bonds is 8. The molecule has 160 valence electrons. The molecule has 0 bridgehead atoms. The lowest BCUT2D eigenvalue weighted by Crippen LogP contribution is -2.35. The van der Waals surface area contributed by atoms with Crippen LogP contribution in [0.4, 0.5) is 0 Å². The summed E-state index contributed by atoms with van der Waals surface area (Å²) in [6.45, 7) is 4.19. The first-order valence-electron chi connectivity index (χ1n) is 10.3. The summed E-state index contributed by atoms with van der Waals surface area (Å²) < 4.78 is 12.0. The molecule has 0 aliphatic heterocycles. The van der Waals surface area contributed by atoms with Gasteiger partial charge in [0.25, 0.3) is 11.1 Å². The first kappa shape index (κ1) is 20.6. The van der Waals surface area contributed by atoms with Gasteiger partial charge in [-0.2, -0.15) is 0 Å². The molecule has 1 N–H and O–H groups in total.